The Morgan fingerprint density at radius 2 is 1.79 bits per heavy atom. The number of hydrogen-bond donors (Lipinski definition) is 5. The molecule has 0 radical (unpaired) electrons. The summed E-state index contributed by atoms with van der Waals surface area (Å²) in [5, 5.41) is 10.5. The second-order valence-corrected chi connectivity index (χ2v) is 7.70. The normalized spacial score (nSPS) is 12.7. The molecule has 5 amide bonds. The topological polar surface area (TPSA) is 169 Å². The summed E-state index contributed by atoms with van der Waals surface area (Å²) in [7, 11) is 0. The molecule has 0 saturated heterocycles. The van der Waals surface area contributed by atoms with Gasteiger partial charge in [-0.3, -0.25) is 19.2 Å². The van der Waals surface area contributed by atoms with E-state index in [4.69, 9.17) is 7.10 Å². The minimum Gasteiger partial charge on any atom is -0.463 e. The van der Waals surface area contributed by atoms with Gasteiger partial charge in [-0.15, -0.1) is 0 Å². The zero-order chi connectivity index (χ0) is 25.7. The molecule has 0 fully saturated rings. The molecule has 1 aromatic rings. The first-order valence-corrected chi connectivity index (χ1v) is 10.7. The van der Waals surface area contributed by atoms with Gasteiger partial charge in [-0.05, 0) is 36.5 Å². The van der Waals surface area contributed by atoms with Gasteiger partial charge in [0.25, 0.3) is 6.45 Å². The van der Waals surface area contributed by atoms with Crippen LogP contribution in [0.3, 0.4) is 0 Å². The quantitative estimate of drug-likeness (QED) is 0.213. The minimum absolute atomic E-state index is 0.0673. The molecule has 1 rings (SSSR count). The predicted octanol–water partition coefficient (Wildman–Crippen LogP) is 0.782. The lowest BCUT2D eigenvalue weighted by Crippen LogP contribution is -2.54. The Hall–Kier alpha value is -3.63. The molecule has 6 N–H and O–H groups in total. The van der Waals surface area contributed by atoms with Gasteiger partial charge >= 0.3 is 6.03 Å². The zero-order valence-electron chi connectivity index (χ0n) is 20.1. The van der Waals surface area contributed by atoms with Crippen LogP contribution in [0.4, 0.5) is 10.5 Å². The van der Waals surface area contributed by atoms with E-state index in [1.165, 1.54) is 0 Å². The fraction of sp³-hybridized carbons (Fsp3) is 0.500. The third-order valence-corrected chi connectivity index (χ3v) is 4.71. The van der Waals surface area contributed by atoms with Crippen LogP contribution in [0, 0.1) is 5.92 Å². The molecule has 0 spiro atoms. The van der Waals surface area contributed by atoms with Crippen LogP contribution in [-0.2, 0) is 30.5 Å². The second-order valence-electron chi connectivity index (χ2n) is 7.70. The van der Waals surface area contributed by atoms with E-state index in [1.54, 1.807) is 45.0 Å². The van der Waals surface area contributed by atoms with Crippen molar-refractivity contribution in [3.8, 4) is 0 Å². The average molecular weight is 465 g/mol. The van der Waals surface area contributed by atoms with Crippen LogP contribution in [0.5, 0.6) is 0 Å². The van der Waals surface area contributed by atoms with Crippen LogP contribution in [0.15, 0.2) is 24.3 Å². The zero-order valence-corrected chi connectivity index (χ0v) is 19.1. The number of anilines is 1. The first-order chi connectivity index (χ1) is 16.0. The Morgan fingerprint density at radius 1 is 1.12 bits per heavy atom. The third-order valence-electron chi connectivity index (χ3n) is 4.71. The van der Waals surface area contributed by atoms with Crippen LogP contribution in [0.25, 0.3) is 0 Å². The number of nitrogens with one attached hydrogen (secondary N) is 4. The van der Waals surface area contributed by atoms with Gasteiger partial charge < -0.3 is 31.7 Å². The largest absolute Gasteiger partial charge is 0.463 e. The Labute approximate surface area is 194 Å². The van der Waals surface area contributed by atoms with E-state index in [1.807, 2.05) is 0 Å². The molecule has 0 aliphatic heterocycles. The molecule has 1 aromatic carbocycles. The lowest BCUT2D eigenvalue weighted by molar-refractivity contribution is -0.132. The number of nitrogens with two attached hydrogens (primary N) is 1. The van der Waals surface area contributed by atoms with Crippen molar-refractivity contribution in [1.82, 2.24) is 16.0 Å². The van der Waals surface area contributed by atoms with Crippen LogP contribution in [-0.4, -0.2) is 48.8 Å². The molecule has 0 saturated carbocycles. The van der Waals surface area contributed by atoms with E-state index in [2.05, 4.69) is 26.0 Å². The minimum atomic E-state index is -1.14. The summed E-state index contributed by atoms with van der Waals surface area (Å²) in [5.41, 5.74) is 6.13. The van der Waals surface area contributed by atoms with Crippen molar-refractivity contribution in [3.63, 3.8) is 0 Å². The highest BCUT2D eigenvalue weighted by Gasteiger charge is 2.28. The summed E-state index contributed by atoms with van der Waals surface area (Å²) in [6.07, 6.45) is -0.346. The van der Waals surface area contributed by atoms with Crippen LogP contribution >= 0.6 is 0 Å². The molecule has 182 valence electrons. The van der Waals surface area contributed by atoms with Crippen molar-refractivity contribution in [2.75, 3.05) is 11.9 Å². The predicted molar refractivity (Wildman–Crippen MR) is 122 cm³/mol. The van der Waals surface area contributed by atoms with Crippen molar-refractivity contribution >= 4 is 35.9 Å². The monoisotopic (exact) mass is 464 g/mol. The van der Waals surface area contributed by atoms with Gasteiger partial charge in [-0.1, -0.05) is 32.9 Å². The van der Waals surface area contributed by atoms with Crippen molar-refractivity contribution in [3.05, 3.63) is 29.8 Å². The molecule has 2 atom stereocenters. The SMILES string of the molecule is [2H]C(=O)OCc1ccc(NC(=O)[C@H](CCCNC(N)=O)NC(=O)[C@@H](NC(=O)CC)C(C)C)cc1. The van der Waals surface area contributed by atoms with Gasteiger partial charge in [0.2, 0.25) is 17.7 Å². The number of amides is 5. The van der Waals surface area contributed by atoms with Crippen LogP contribution in [0.1, 0.15) is 47.0 Å². The smallest absolute Gasteiger partial charge is 0.312 e. The second kappa shape index (κ2) is 14.4. The molecule has 0 unspecified atom stereocenters. The van der Waals surface area contributed by atoms with Crippen molar-refractivity contribution in [1.29, 1.82) is 0 Å². The Bertz CT molecular complexity index is 862. The molecule has 11 heteroatoms. The van der Waals surface area contributed by atoms with E-state index in [0.717, 1.165) is 0 Å². The van der Waals surface area contributed by atoms with Crippen LogP contribution < -0.4 is 27.0 Å². The van der Waals surface area contributed by atoms with Gasteiger partial charge in [0.15, 0.2) is 1.37 Å². The lowest BCUT2D eigenvalue weighted by atomic mass is 10.0. The lowest BCUT2D eigenvalue weighted by Gasteiger charge is -2.25. The van der Waals surface area contributed by atoms with Gasteiger partial charge in [0.1, 0.15) is 18.7 Å². The van der Waals surface area contributed by atoms with Crippen molar-refractivity contribution in [2.45, 2.75) is 58.7 Å². The van der Waals surface area contributed by atoms with Gasteiger partial charge in [0, 0.05) is 18.7 Å². The first-order valence-electron chi connectivity index (χ1n) is 11.2. The molecule has 0 aliphatic rings. The van der Waals surface area contributed by atoms with E-state index in [0.29, 0.717) is 17.7 Å². The first kappa shape index (κ1) is 25.6. The summed E-state index contributed by atoms with van der Waals surface area (Å²) < 4.78 is 11.4. The summed E-state index contributed by atoms with van der Waals surface area (Å²) in [6, 6.07) is 3.99. The van der Waals surface area contributed by atoms with Crippen LogP contribution in [0.2, 0.25) is 0 Å². The maximum atomic E-state index is 12.9. The highest BCUT2D eigenvalue weighted by Crippen LogP contribution is 2.12. The van der Waals surface area contributed by atoms with E-state index >= 15 is 0 Å². The molecule has 0 aromatic heterocycles. The summed E-state index contributed by atoms with van der Waals surface area (Å²) in [6.45, 7) is 5.40. The number of carbonyl (C=O) groups excluding carboxylic acids is 5. The molecule has 11 nitrogen and oxygen atoms in total. The molecular weight excluding hydrogens is 430 g/mol. The maximum Gasteiger partial charge on any atom is 0.312 e. The molecule has 0 heterocycles. The Kier molecular flexibility index (Phi) is 11.2. The number of primary amides is 1. The van der Waals surface area contributed by atoms with E-state index in [9.17, 15) is 24.0 Å². The van der Waals surface area contributed by atoms with E-state index < -0.39 is 36.4 Å². The number of carbonyl (C=O) groups is 5. The fourth-order valence-corrected chi connectivity index (χ4v) is 2.89. The van der Waals surface area contributed by atoms with Gasteiger partial charge in [-0.25, -0.2) is 4.79 Å². The highest BCUT2D eigenvalue weighted by molar-refractivity contribution is 5.98. The number of hydrogen-bond acceptors (Lipinski definition) is 6. The Balaban J connectivity index is 2.89. The molecule has 33 heavy (non-hydrogen) atoms. The van der Waals surface area contributed by atoms with Gasteiger partial charge in [-0.2, -0.15) is 0 Å². The third kappa shape index (κ3) is 10.5. The summed E-state index contributed by atoms with van der Waals surface area (Å²) >= 11 is 0. The fourth-order valence-electron chi connectivity index (χ4n) is 2.89. The molecular formula is C22H33N5O6. The molecule has 0 bridgehead atoms. The standard InChI is InChI=1S/C22H33N5O6/c1-4-18(29)27-19(14(2)3)21(31)26-17(6-5-11-24-22(23)32)20(30)25-16-9-7-15(8-10-16)12-33-13-28/h7-10,13-14,17,19H,4-6,11-12H2,1-3H3,(H,25,30)(H,26,31)(H,27,29)(H3,23,24,32)/t17-,19-/m0/s1/i13D. The van der Waals surface area contributed by atoms with Crippen molar-refractivity contribution in [2.24, 2.45) is 11.7 Å². The number of rotatable bonds is 13. The maximum absolute atomic E-state index is 12.9. The van der Waals surface area contributed by atoms with Gasteiger partial charge in [0.05, 0.1) is 0 Å². The van der Waals surface area contributed by atoms with Crippen molar-refractivity contribution < 1.29 is 30.1 Å². The number of benzene rings is 1. The van der Waals surface area contributed by atoms with E-state index in [-0.39, 0.29) is 37.8 Å². The summed E-state index contributed by atoms with van der Waals surface area (Å²) in [4.78, 5) is 59.1. The Morgan fingerprint density at radius 3 is 2.33 bits per heavy atom. The average Bonchev–Trinajstić information content (AvgIpc) is 2.78. The molecule has 0 aliphatic carbocycles. The summed E-state index contributed by atoms with van der Waals surface area (Å²) in [5.74, 6) is -1.47. The number of ether oxygens (including phenoxy) is 1. The number of urea groups is 1. The highest BCUT2D eigenvalue weighted by atomic mass is 16.5.